The number of amides is 1. The molecule has 2 heterocycles. The molecule has 3 aromatic rings. The summed E-state index contributed by atoms with van der Waals surface area (Å²) >= 11 is 1.74. The number of carbonyl (C=O) groups excluding carboxylic acids is 1. The normalized spacial score (nSPS) is 10.9. The molecule has 2 aromatic heterocycles. The van der Waals surface area contributed by atoms with Crippen LogP contribution in [-0.2, 0) is 19.6 Å². The zero-order valence-corrected chi connectivity index (χ0v) is 20.3. The van der Waals surface area contributed by atoms with Crippen LogP contribution in [0.5, 0.6) is 0 Å². The van der Waals surface area contributed by atoms with Crippen LogP contribution in [0.2, 0.25) is 0 Å². The van der Waals surface area contributed by atoms with Gasteiger partial charge in [0.15, 0.2) is 5.96 Å². The number of halogens is 1. The number of furan rings is 1. The number of guanidine groups is 1. The molecule has 1 aromatic carbocycles. The van der Waals surface area contributed by atoms with Crippen LogP contribution in [-0.4, -0.2) is 18.4 Å². The lowest BCUT2D eigenvalue weighted by atomic mass is 10.1. The largest absolute Gasteiger partial charge is 0.467 e. The molecule has 0 fully saturated rings. The van der Waals surface area contributed by atoms with Crippen molar-refractivity contribution in [3.63, 3.8) is 0 Å². The van der Waals surface area contributed by atoms with Gasteiger partial charge in [0.05, 0.1) is 25.9 Å². The summed E-state index contributed by atoms with van der Waals surface area (Å²) < 4.78 is 5.24. The standard InChI is InChI=1S/C22H26N4O2S.HI/c1-3-23-22(26-15-20-16(2)9-11-29-20)25-13-17-6-4-7-18(12-17)21(27)24-14-19-8-5-10-28-19;/h4-12H,3,13-15H2,1-2H3,(H,24,27)(H2,23,25,26);1H. The Labute approximate surface area is 198 Å². The van der Waals surface area contributed by atoms with E-state index >= 15 is 0 Å². The van der Waals surface area contributed by atoms with E-state index < -0.39 is 0 Å². The lowest BCUT2D eigenvalue weighted by Gasteiger charge is -2.11. The van der Waals surface area contributed by atoms with Crippen molar-refractivity contribution in [2.45, 2.75) is 33.5 Å². The highest BCUT2D eigenvalue weighted by Crippen LogP contribution is 2.14. The summed E-state index contributed by atoms with van der Waals surface area (Å²) in [5, 5.41) is 11.6. The van der Waals surface area contributed by atoms with Crippen LogP contribution in [0.25, 0.3) is 0 Å². The molecule has 0 saturated carbocycles. The first kappa shape index (κ1) is 23.9. The van der Waals surface area contributed by atoms with Gasteiger partial charge in [-0.3, -0.25) is 4.79 Å². The predicted octanol–water partition coefficient (Wildman–Crippen LogP) is 4.45. The highest BCUT2D eigenvalue weighted by Gasteiger charge is 2.07. The van der Waals surface area contributed by atoms with Crippen molar-refractivity contribution >= 4 is 47.2 Å². The lowest BCUT2D eigenvalue weighted by Crippen LogP contribution is -2.36. The van der Waals surface area contributed by atoms with Gasteiger partial charge in [-0.25, -0.2) is 4.99 Å². The summed E-state index contributed by atoms with van der Waals surface area (Å²) in [6.07, 6.45) is 1.59. The molecule has 0 unspecified atom stereocenters. The maximum absolute atomic E-state index is 12.4. The third-order valence-corrected chi connectivity index (χ3v) is 5.36. The number of nitrogens with zero attached hydrogens (tertiary/aromatic N) is 1. The van der Waals surface area contributed by atoms with E-state index in [4.69, 9.17) is 4.42 Å². The summed E-state index contributed by atoms with van der Waals surface area (Å²) in [4.78, 5) is 18.3. The number of nitrogens with one attached hydrogen (secondary N) is 3. The molecule has 0 aliphatic rings. The quantitative estimate of drug-likeness (QED) is 0.225. The van der Waals surface area contributed by atoms with Crippen LogP contribution in [0.15, 0.2) is 63.5 Å². The minimum absolute atomic E-state index is 0. The molecule has 3 rings (SSSR count). The number of rotatable bonds is 8. The van der Waals surface area contributed by atoms with E-state index in [0.29, 0.717) is 18.7 Å². The summed E-state index contributed by atoms with van der Waals surface area (Å²) in [5.74, 6) is 1.35. The van der Waals surface area contributed by atoms with Crippen molar-refractivity contribution < 1.29 is 9.21 Å². The Morgan fingerprint density at radius 1 is 1.10 bits per heavy atom. The SMILES string of the molecule is CCNC(=NCc1cccc(C(=O)NCc2ccco2)c1)NCc1sccc1C.I. The number of carbonyl (C=O) groups is 1. The fourth-order valence-electron chi connectivity index (χ4n) is 2.75. The number of thiophene rings is 1. The van der Waals surface area contributed by atoms with Crippen molar-refractivity contribution in [1.82, 2.24) is 16.0 Å². The van der Waals surface area contributed by atoms with E-state index in [-0.39, 0.29) is 29.9 Å². The van der Waals surface area contributed by atoms with E-state index in [1.165, 1.54) is 10.4 Å². The molecular weight excluding hydrogens is 511 g/mol. The Hall–Kier alpha value is -2.33. The minimum Gasteiger partial charge on any atom is -0.467 e. The van der Waals surface area contributed by atoms with Gasteiger partial charge in [0.1, 0.15) is 5.76 Å². The fourth-order valence-corrected chi connectivity index (χ4v) is 3.60. The van der Waals surface area contributed by atoms with Gasteiger partial charge in [-0.1, -0.05) is 12.1 Å². The van der Waals surface area contributed by atoms with Crippen molar-refractivity contribution in [3.8, 4) is 0 Å². The fraction of sp³-hybridized carbons (Fsp3) is 0.273. The number of hydrogen-bond donors (Lipinski definition) is 3. The van der Waals surface area contributed by atoms with Crippen molar-refractivity contribution in [2.75, 3.05) is 6.54 Å². The first-order valence-corrected chi connectivity index (χ1v) is 10.5. The van der Waals surface area contributed by atoms with Crippen molar-refractivity contribution in [1.29, 1.82) is 0 Å². The van der Waals surface area contributed by atoms with Crippen molar-refractivity contribution in [3.05, 3.63) is 81.4 Å². The van der Waals surface area contributed by atoms with Gasteiger partial charge >= 0.3 is 0 Å². The number of aryl methyl sites for hydroxylation is 1. The maximum atomic E-state index is 12.4. The molecule has 0 saturated heterocycles. The minimum atomic E-state index is -0.134. The topological polar surface area (TPSA) is 78.7 Å². The number of aliphatic imine (C=N–C) groups is 1. The second kappa shape index (κ2) is 12.4. The third-order valence-electron chi connectivity index (χ3n) is 4.34. The monoisotopic (exact) mass is 538 g/mol. The molecule has 0 bridgehead atoms. The summed E-state index contributed by atoms with van der Waals surface area (Å²) in [6, 6.07) is 13.3. The Balaban J connectivity index is 0.00000320. The van der Waals surface area contributed by atoms with E-state index in [0.717, 1.165) is 30.4 Å². The van der Waals surface area contributed by atoms with Gasteiger partial charge in [-0.05, 0) is 60.7 Å². The Bertz CT molecular complexity index is 954. The molecule has 0 aliphatic carbocycles. The van der Waals surface area contributed by atoms with Crippen LogP contribution in [0.1, 0.15) is 39.0 Å². The summed E-state index contributed by atoms with van der Waals surface area (Å²) in [5.41, 5.74) is 2.86. The first-order chi connectivity index (χ1) is 14.2. The van der Waals surface area contributed by atoms with E-state index in [2.05, 4.69) is 39.3 Å². The zero-order chi connectivity index (χ0) is 20.5. The van der Waals surface area contributed by atoms with Gasteiger partial charge in [-0.15, -0.1) is 35.3 Å². The molecular formula is C22H27IN4O2S. The van der Waals surface area contributed by atoms with Gasteiger partial charge < -0.3 is 20.4 Å². The molecule has 0 radical (unpaired) electrons. The van der Waals surface area contributed by atoms with E-state index in [1.54, 1.807) is 29.7 Å². The van der Waals surface area contributed by atoms with Crippen LogP contribution in [0, 0.1) is 6.92 Å². The second-order valence-electron chi connectivity index (χ2n) is 6.54. The number of hydrogen-bond acceptors (Lipinski definition) is 4. The summed E-state index contributed by atoms with van der Waals surface area (Å²) in [7, 11) is 0. The lowest BCUT2D eigenvalue weighted by molar-refractivity contribution is 0.0948. The van der Waals surface area contributed by atoms with Crippen LogP contribution in [0.3, 0.4) is 0 Å². The highest BCUT2D eigenvalue weighted by atomic mass is 127. The summed E-state index contributed by atoms with van der Waals surface area (Å²) in [6.45, 7) is 6.52. The molecule has 1 amide bonds. The van der Waals surface area contributed by atoms with Gasteiger partial charge in [0.2, 0.25) is 0 Å². The molecule has 3 N–H and O–H groups in total. The molecule has 0 aliphatic heterocycles. The van der Waals surface area contributed by atoms with Gasteiger partial charge in [0, 0.05) is 17.0 Å². The molecule has 0 spiro atoms. The smallest absolute Gasteiger partial charge is 0.251 e. The molecule has 160 valence electrons. The van der Waals surface area contributed by atoms with E-state index in [9.17, 15) is 4.79 Å². The van der Waals surface area contributed by atoms with Crippen LogP contribution >= 0.6 is 35.3 Å². The van der Waals surface area contributed by atoms with E-state index in [1.807, 2.05) is 31.2 Å². The van der Waals surface area contributed by atoms with Crippen LogP contribution in [0.4, 0.5) is 0 Å². The number of benzene rings is 1. The Morgan fingerprint density at radius 3 is 2.67 bits per heavy atom. The maximum Gasteiger partial charge on any atom is 0.251 e. The molecule has 30 heavy (non-hydrogen) atoms. The Morgan fingerprint density at radius 2 is 1.97 bits per heavy atom. The van der Waals surface area contributed by atoms with Crippen molar-refractivity contribution in [2.24, 2.45) is 4.99 Å². The first-order valence-electron chi connectivity index (χ1n) is 9.60. The van der Waals surface area contributed by atoms with Crippen LogP contribution < -0.4 is 16.0 Å². The van der Waals surface area contributed by atoms with Gasteiger partial charge in [0.25, 0.3) is 5.91 Å². The average molecular weight is 538 g/mol. The second-order valence-corrected chi connectivity index (χ2v) is 7.54. The zero-order valence-electron chi connectivity index (χ0n) is 17.1. The third kappa shape index (κ3) is 7.17. The molecule has 8 heteroatoms. The average Bonchev–Trinajstić information content (AvgIpc) is 3.40. The van der Waals surface area contributed by atoms with Gasteiger partial charge in [-0.2, -0.15) is 0 Å². The predicted molar refractivity (Wildman–Crippen MR) is 132 cm³/mol. The Kier molecular flexibility index (Phi) is 9.88. The highest BCUT2D eigenvalue weighted by molar-refractivity contribution is 14.0. The molecule has 6 nitrogen and oxygen atoms in total. The molecule has 0 atom stereocenters.